The van der Waals surface area contributed by atoms with Crippen molar-refractivity contribution in [1.29, 1.82) is 0 Å². The molecule has 2 heterocycles. The summed E-state index contributed by atoms with van der Waals surface area (Å²) < 4.78 is 5.32. The molecule has 2 fully saturated rings. The molecule has 0 aromatic heterocycles. The molecule has 22 heavy (non-hydrogen) atoms. The zero-order valence-corrected chi connectivity index (χ0v) is 13.4. The zero-order chi connectivity index (χ0) is 15.5. The lowest BCUT2D eigenvalue weighted by Gasteiger charge is -2.33. The molecule has 3 rings (SSSR count). The minimum absolute atomic E-state index is 0.210. The van der Waals surface area contributed by atoms with Crippen LogP contribution in [0.3, 0.4) is 0 Å². The van der Waals surface area contributed by atoms with E-state index in [1.165, 1.54) is 5.56 Å². The van der Waals surface area contributed by atoms with Crippen LogP contribution in [0.15, 0.2) is 30.0 Å². The van der Waals surface area contributed by atoms with Crippen molar-refractivity contribution in [3.8, 4) is 0 Å². The summed E-state index contributed by atoms with van der Waals surface area (Å²) in [5.74, 6) is 0.210. The Bertz CT molecular complexity index is 565. The number of hydrazine groups is 1. The Morgan fingerprint density at radius 3 is 2.77 bits per heavy atom. The Kier molecular flexibility index (Phi) is 4.60. The second kappa shape index (κ2) is 6.63. The van der Waals surface area contributed by atoms with E-state index in [0.29, 0.717) is 19.1 Å². The van der Waals surface area contributed by atoms with Gasteiger partial charge in [-0.15, -0.1) is 0 Å². The summed E-state index contributed by atoms with van der Waals surface area (Å²) in [5.41, 5.74) is 3.51. The number of nitrogens with zero attached hydrogens (tertiary/aromatic N) is 2. The number of hydrogen-bond donors (Lipinski definition) is 0. The topological polar surface area (TPSA) is 32.8 Å². The lowest BCUT2D eigenvalue weighted by molar-refractivity contribution is -0.142. The summed E-state index contributed by atoms with van der Waals surface area (Å²) in [6.45, 7) is 3.70. The predicted molar refractivity (Wildman–Crippen MR) is 86.8 cm³/mol. The molecule has 1 amide bonds. The first-order valence-corrected chi connectivity index (χ1v) is 8.05. The first kappa shape index (κ1) is 15.3. The number of carbonyl (C=O) groups excluding carboxylic acids is 1. The van der Waals surface area contributed by atoms with Gasteiger partial charge in [0.25, 0.3) is 0 Å². The molecule has 0 spiro atoms. The highest BCUT2D eigenvalue weighted by atomic mass is 16.5. The van der Waals surface area contributed by atoms with E-state index in [9.17, 15) is 4.79 Å². The van der Waals surface area contributed by atoms with Crippen LogP contribution in [0.5, 0.6) is 0 Å². The van der Waals surface area contributed by atoms with Crippen LogP contribution in [0.1, 0.15) is 36.8 Å². The smallest absolute Gasteiger partial charge is 0.241 e. The van der Waals surface area contributed by atoms with E-state index in [1.54, 1.807) is 7.11 Å². The lowest BCUT2D eigenvalue weighted by atomic mass is 10.1. The molecular formula is C18H24N2O2. The summed E-state index contributed by atoms with van der Waals surface area (Å²) in [4.78, 5) is 12.4. The molecule has 0 radical (unpaired) electrons. The van der Waals surface area contributed by atoms with Gasteiger partial charge in [-0.05, 0) is 37.8 Å². The van der Waals surface area contributed by atoms with Crippen molar-refractivity contribution in [2.24, 2.45) is 0 Å². The van der Waals surface area contributed by atoms with Gasteiger partial charge in [-0.25, -0.2) is 10.0 Å². The van der Waals surface area contributed by atoms with Crippen molar-refractivity contribution >= 4 is 12.0 Å². The van der Waals surface area contributed by atoms with Crippen LogP contribution in [-0.4, -0.2) is 42.2 Å². The summed E-state index contributed by atoms with van der Waals surface area (Å²) in [6.07, 6.45) is 5.79. The highest BCUT2D eigenvalue weighted by molar-refractivity contribution is 5.82. The average molecular weight is 300 g/mol. The third kappa shape index (κ3) is 3.08. The van der Waals surface area contributed by atoms with E-state index in [1.807, 2.05) is 5.01 Å². The van der Waals surface area contributed by atoms with Crippen molar-refractivity contribution in [2.75, 3.05) is 20.3 Å². The average Bonchev–Trinajstić information content (AvgIpc) is 3.09. The molecule has 0 saturated carbocycles. The van der Waals surface area contributed by atoms with Gasteiger partial charge in [0.1, 0.15) is 0 Å². The second-order valence-electron chi connectivity index (χ2n) is 6.17. The summed E-state index contributed by atoms with van der Waals surface area (Å²) in [7, 11) is 1.73. The summed E-state index contributed by atoms with van der Waals surface area (Å²) >= 11 is 0. The molecule has 2 saturated heterocycles. The van der Waals surface area contributed by atoms with E-state index in [-0.39, 0.29) is 5.91 Å². The van der Waals surface area contributed by atoms with Crippen molar-refractivity contribution in [3.05, 3.63) is 41.1 Å². The third-order valence-corrected chi connectivity index (χ3v) is 4.48. The van der Waals surface area contributed by atoms with Gasteiger partial charge in [-0.3, -0.25) is 4.79 Å². The minimum atomic E-state index is 0.210. The molecule has 1 aromatic carbocycles. The molecule has 4 nitrogen and oxygen atoms in total. The first-order chi connectivity index (χ1) is 10.7. The van der Waals surface area contributed by atoms with E-state index in [4.69, 9.17) is 4.74 Å². The highest BCUT2D eigenvalue weighted by Crippen LogP contribution is 2.31. The Morgan fingerprint density at radius 2 is 2.05 bits per heavy atom. The van der Waals surface area contributed by atoms with Gasteiger partial charge in [0, 0.05) is 25.8 Å². The number of aryl methyl sites for hydroxylation is 1. The number of rotatable bonds is 4. The fourth-order valence-electron chi connectivity index (χ4n) is 3.35. The van der Waals surface area contributed by atoms with Gasteiger partial charge < -0.3 is 4.74 Å². The zero-order valence-electron chi connectivity index (χ0n) is 13.4. The molecule has 1 atom stereocenters. The van der Waals surface area contributed by atoms with Gasteiger partial charge in [0.05, 0.1) is 12.6 Å². The molecular weight excluding hydrogens is 276 g/mol. The Hall–Kier alpha value is -1.65. The van der Waals surface area contributed by atoms with Crippen LogP contribution in [-0.2, 0) is 9.53 Å². The predicted octanol–water partition coefficient (Wildman–Crippen LogP) is 2.98. The molecule has 0 N–H and O–H groups in total. The van der Waals surface area contributed by atoms with Crippen molar-refractivity contribution < 1.29 is 9.53 Å². The number of allylic oxidation sites excluding steroid dienone is 1. The molecule has 4 heteroatoms. The van der Waals surface area contributed by atoms with Gasteiger partial charge in [0.15, 0.2) is 0 Å². The number of hydrogen-bond acceptors (Lipinski definition) is 3. The van der Waals surface area contributed by atoms with E-state index in [2.05, 4.69) is 42.3 Å². The van der Waals surface area contributed by atoms with Crippen LogP contribution >= 0.6 is 0 Å². The van der Waals surface area contributed by atoms with Crippen LogP contribution in [0, 0.1) is 6.92 Å². The first-order valence-electron chi connectivity index (χ1n) is 8.05. The van der Waals surface area contributed by atoms with Crippen LogP contribution in [0.25, 0.3) is 6.08 Å². The van der Waals surface area contributed by atoms with Gasteiger partial charge in [-0.2, -0.15) is 0 Å². The SMILES string of the molecule is COC[C@@H]1CCCN1N1C(=O)CC/C1=C\c1ccc(C)cc1. The van der Waals surface area contributed by atoms with Crippen LogP contribution in [0.2, 0.25) is 0 Å². The number of methoxy groups -OCH3 is 1. The van der Waals surface area contributed by atoms with Crippen molar-refractivity contribution in [2.45, 2.75) is 38.6 Å². The minimum Gasteiger partial charge on any atom is -0.383 e. The quantitative estimate of drug-likeness (QED) is 0.857. The monoisotopic (exact) mass is 300 g/mol. The standard InChI is InChI=1S/C18H24N2O2/c1-14-5-7-15(8-6-14)12-16-9-10-18(21)20(16)19-11-3-4-17(19)13-22-2/h5-8,12,17H,3-4,9-11,13H2,1-2H3/b16-12+/t17-/m0/s1. The van der Waals surface area contributed by atoms with Gasteiger partial charge >= 0.3 is 0 Å². The number of benzene rings is 1. The molecule has 0 aliphatic carbocycles. The lowest BCUT2D eigenvalue weighted by Crippen LogP contribution is -2.46. The Morgan fingerprint density at radius 1 is 1.27 bits per heavy atom. The maximum atomic E-state index is 12.4. The van der Waals surface area contributed by atoms with E-state index < -0.39 is 0 Å². The fraction of sp³-hybridized carbons (Fsp3) is 0.500. The number of carbonyl (C=O) groups is 1. The molecule has 2 aliphatic heterocycles. The molecule has 0 unspecified atom stereocenters. The maximum Gasteiger partial charge on any atom is 0.241 e. The van der Waals surface area contributed by atoms with E-state index >= 15 is 0 Å². The fourth-order valence-corrected chi connectivity index (χ4v) is 3.35. The Balaban J connectivity index is 1.84. The van der Waals surface area contributed by atoms with Crippen molar-refractivity contribution in [1.82, 2.24) is 10.0 Å². The largest absolute Gasteiger partial charge is 0.383 e. The number of ether oxygens (including phenoxy) is 1. The second-order valence-corrected chi connectivity index (χ2v) is 6.17. The highest BCUT2D eigenvalue weighted by Gasteiger charge is 2.37. The molecule has 0 bridgehead atoms. The Labute approximate surface area is 132 Å². The summed E-state index contributed by atoms with van der Waals surface area (Å²) in [6, 6.07) is 8.75. The van der Waals surface area contributed by atoms with Crippen LogP contribution < -0.4 is 0 Å². The molecule has 2 aliphatic rings. The van der Waals surface area contributed by atoms with Gasteiger partial charge in [-0.1, -0.05) is 29.8 Å². The van der Waals surface area contributed by atoms with Crippen molar-refractivity contribution in [3.63, 3.8) is 0 Å². The molecule has 118 valence electrons. The van der Waals surface area contributed by atoms with E-state index in [0.717, 1.165) is 37.1 Å². The van der Waals surface area contributed by atoms with Crippen LogP contribution in [0.4, 0.5) is 0 Å². The summed E-state index contributed by atoms with van der Waals surface area (Å²) in [5, 5.41) is 4.12. The maximum absolute atomic E-state index is 12.4. The third-order valence-electron chi connectivity index (χ3n) is 4.48. The van der Waals surface area contributed by atoms with Gasteiger partial charge in [0.2, 0.25) is 5.91 Å². The normalized spacial score (nSPS) is 24.6. The number of amides is 1. The molecule has 1 aromatic rings.